The fourth-order valence-corrected chi connectivity index (χ4v) is 3.33. The van der Waals surface area contributed by atoms with E-state index in [4.69, 9.17) is 9.47 Å². The maximum absolute atomic E-state index is 12.9. The van der Waals surface area contributed by atoms with E-state index in [0.29, 0.717) is 0 Å². The summed E-state index contributed by atoms with van der Waals surface area (Å²) in [5, 5.41) is 3.40. The summed E-state index contributed by atoms with van der Waals surface area (Å²) in [4.78, 5) is 28.3. The Kier molecular flexibility index (Phi) is 6.67. The van der Waals surface area contributed by atoms with E-state index in [1.807, 2.05) is 24.3 Å². The molecule has 8 heteroatoms. The number of carbonyl (C=O) groups excluding carboxylic acids is 2. The minimum absolute atomic E-state index is 0.194. The SMILES string of the molecule is C[C@H](OC(=O)COCc1nc2ccccc2s1)C(=O)NCc1ccc(F)cc1. The van der Waals surface area contributed by atoms with Gasteiger partial charge in [0.05, 0.1) is 16.8 Å². The zero-order valence-electron chi connectivity index (χ0n) is 15.2. The van der Waals surface area contributed by atoms with Gasteiger partial charge in [0, 0.05) is 6.54 Å². The van der Waals surface area contributed by atoms with E-state index in [1.165, 1.54) is 30.4 Å². The number of halogens is 1. The van der Waals surface area contributed by atoms with Crippen molar-refractivity contribution in [3.63, 3.8) is 0 Å². The maximum atomic E-state index is 12.9. The first-order chi connectivity index (χ1) is 13.5. The number of rotatable bonds is 8. The van der Waals surface area contributed by atoms with E-state index < -0.39 is 18.0 Å². The summed E-state index contributed by atoms with van der Waals surface area (Å²) in [7, 11) is 0. The second-order valence-corrected chi connectivity index (χ2v) is 7.16. The summed E-state index contributed by atoms with van der Waals surface area (Å²) in [6.07, 6.45) is -0.959. The van der Waals surface area contributed by atoms with E-state index in [1.54, 1.807) is 12.1 Å². The molecule has 1 aromatic heterocycles. The number of amides is 1. The molecule has 0 aliphatic carbocycles. The summed E-state index contributed by atoms with van der Waals surface area (Å²) in [5.74, 6) is -1.42. The number of nitrogens with one attached hydrogen (secondary N) is 1. The van der Waals surface area contributed by atoms with Crippen LogP contribution in [0.5, 0.6) is 0 Å². The molecule has 1 N–H and O–H groups in total. The molecule has 0 bridgehead atoms. The molecule has 0 spiro atoms. The number of thiazole rings is 1. The minimum atomic E-state index is -0.959. The quantitative estimate of drug-likeness (QED) is 0.586. The number of benzene rings is 2. The van der Waals surface area contributed by atoms with Crippen LogP contribution >= 0.6 is 11.3 Å². The van der Waals surface area contributed by atoms with Crippen molar-refractivity contribution in [1.82, 2.24) is 10.3 Å². The van der Waals surface area contributed by atoms with Crippen LogP contribution in [0, 0.1) is 5.82 Å². The van der Waals surface area contributed by atoms with Gasteiger partial charge in [-0.15, -0.1) is 11.3 Å². The molecule has 6 nitrogen and oxygen atoms in total. The number of ether oxygens (including phenoxy) is 2. The van der Waals surface area contributed by atoms with Crippen LogP contribution in [-0.2, 0) is 32.2 Å². The van der Waals surface area contributed by atoms with Crippen molar-refractivity contribution in [1.29, 1.82) is 0 Å². The summed E-state index contributed by atoms with van der Waals surface area (Å²) < 4.78 is 24.3. The summed E-state index contributed by atoms with van der Waals surface area (Å²) >= 11 is 1.50. The van der Waals surface area contributed by atoms with Crippen molar-refractivity contribution in [2.24, 2.45) is 0 Å². The molecule has 3 aromatic rings. The molecule has 146 valence electrons. The maximum Gasteiger partial charge on any atom is 0.332 e. The lowest BCUT2D eigenvalue weighted by Crippen LogP contribution is -2.36. The van der Waals surface area contributed by atoms with E-state index in [9.17, 15) is 14.0 Å². The van der Waals surface area contributed by atoms with Gasteiger partial charge >= 0.3 is 5.97 Å². The van der Waals surface area contributed by atoms with Crippen molar-refractivity contribution >= 4 is 33.4 Å². The highest BCUT2D eigenvalue weighted by molar-refractivity contribution is 7.18. The van der Waals surface area contributed by atoms with E-state index in [0.717, 1.165) is 20.8 Å². The normalized spacial score (nSPS) is 11.9. The Morgan fingerprint density at radius 1 is 1.18 bits per heavy atom. The molecule has 2 aromatic carbocycles. The van der Waals surface area contributed by atoms with Crippen molar-refractivity contribution < 1.29 is 23.5 Å². The van der Waals surface area contributed by atoms with Crippen molar-refractivity contribution in [3.05, 3.63) is 64.9 Å². The first-order valence-corrected chi connectivity index (χ1v) is 9.47. The number of para-hydroxylation sites is 1. The van der Waals surface area contributed by atoms with Crippen LogP contribution in [0.4, 0.5) is 4.39 Å². The molecule has 28 heavy (non-hydrogen) atoms. The monoisotopic (exact) mass is 402 g/mol. The Morgan fingerprint density at radius 3 is 2.68 bits per heavy atom. The lowest BCUT2D eigenvalue weighted by Gasteiger charge is -2.13. The zero-order chi connectivity index (χ0) is 19.9. The molecule has 1 amide bonds. The smallest absolute Gasteiger partial charge is 0.332 e. The number of hydrogen-bond acceptors (Lipinski definition) is 6. The van der Waals surface area contributed by atoms with Crippen molar-refractivity contribution in [3.8, 4) is 0 Å². The molecular weight excluding hydrogens is 383 g/mol. The second kappa shape index (κ2) is 9.38. The molecule has 0 unspecified atom stereocenters. The lowest BCUT2D eigenvalue weighted by molar-refractivity contribution is -0.159. The highest BCUT2D eigenvalue weighted by Crippen LogP contribution is 2.21. The van der Waals surface area contributed by atoms with Crippen LogP contribution < -0.4 is 5.32 Å². The fourth-order valence-electron chi connectivity index (χ4n) is 2.42. The molecule has 1 atom stereocenters. The topological polar surface area (TPSA) is 77.5 Å². The lowest BCUT2D eigenvalue weighted by atomic mass is 10.2. The first-order valence-electron chi connectivity index (χ1n) is 8.65. The Hall–Kier alpha value is -2.84. The Bertz CT molecular complexity index is 925. The molecule has 0 fully saturated rings. The van der Waals surface area contributed by atoms with Crippen LogP contribution in [0.25, 0.3) is 10.2 Å². The predicted octanol–water partition coefficient (Wildman–Crippen LogP) is 3.20. The number of carbonyl (C=O) groups is 2. The number of esters is 1. The van der Waals surface area contributed by atoms with Crippen molar-refractivity contribution in [2.75, 3.05) is 6.61 Å². The number of fused-ring (bicyclic) bond motifs is 1. The van der Waals surface area contributed by atoms with Gasteiger partial charge in [0.15, 0.2) is 6.10 Å². The van der Waals surface area contributed by atoms with Gasteiger partial charge in [0.2, 0.25) is 0 Å². The van der Waals surface area contributed by atoms with Gasteiger partial charge in [-0.05, 0) is 36.8 Å². The van der Waals surface area contributed by atoms with Crippen LogP contribution in [0.15, 0.2) is 48.5 Å². The van der Waals surface area contributed by atoms with Gasteiger partial charge in [0.25, 0.3) is 5.91 Å². The van der Waals surface area contributed by atoms with Gasteiger partial charge < -0.3 is 14.8 Å². The average molecular weight is 402 g/mol. The minimum Gasteiger partial charge on any atom is -0.451 e. The molecule has 0 aliphatic heterocycles. The molecule has 0 saturated heterocycles. The van der Waals surface area contributed by atoms with Gasteiger partial charge in [-0.2, -0.15) is 0 Å². The van der Waals surface area contributed by atoms with Gasteiger partial charge in [-0.1, -0.05) is 24.3 Å². The summed E-state index contributed by atoms with van der Waals surface area (Å²) in [6, 6.07) is 13.5. The van der Waals surface area contributed by atoms with Crippen LogP contribution in [0.1, 0.15) is 17.5 Å². The van der Waals surface area contributed by atoms with Crippen molar-refractivity contribution in [2.45, 2.75) is 26.2 Å². The molecule has 0 aliphatic rings. The third-order valence-corrected chi connectivity index (χ3v) is 4.85. The van der Waals surface area contributed by atoms with Crippen LogP contribution in [0.2, 0.25) is 0 Å². The predicted molar refractivity (Wildman–Crippen MR) is 103 cm³/mol. The largest absolute Gasteiger partial charge is 0.451 e. The highest BCUT2D eigenvalue weighted by Gasteiger charge is 2.17. The van der Waals surface area contributed by atoms with Gasteiger partial charge in [0.1, 0.15) is 17.4 Å². The Morgan fingerprint density at radius 2 is 1.93 bits per heavy atom. The third kappa shape index (κ3) is 5.58. The molecule has 0 saturated carbocycles. The van der Waals surface area contributed by atoms with Crippen LogP contribution in [-0.4, -0.2) is 29.6 Å². The average Bonchev–Trinajstić information content (AvgIpc) is 3.10. The number of hydrogen-bond donors (Lipinski definition) is 1. The molecule has 1 heterocycles. The fraction of sp³-hybridized carbons (Fsp3) is 0.250. The van der Waals surface area contributed by atoms with Gasteiger partial charge in [-0.25, -0.2) is 14.2 Å². The molecule has 3 rings (SSSR count). The Balaban J connectivity index is 1.38. The summed E-state index contributed by atoms with van der Waals surface area (Å²) in [5.41, 5.74) is 1.63. The zero-order valence-corrected chi connectivity index (χ0v) is 16.0. The van der Waals surface area contributed by atoms with Crippen LogP contribution in [0.3, 0.4) is 0 Å². The van der Waals surface area contributed by atoms with E-state index in [-0.39, 0.29) is 25.6 Å². The highest BCUT2D eigenvalue weighted by atomic mass is 32.1. The van der Waals surface area contributed by atoms with E-state index >= 15 is 0 Å². The number of nitrogens with zero attached hydrogens (tertiary/aromatic N) is 1. The Labute approximate surface area is 165 Å². The third-order valence-electron chi connectivity index (χ3n) is 3.84. The first kappa shape index (κ1) is 19.9. The molecule has 0 radical (unpaired) electrons. The standard InChI is InChI=1S/C20H19FN2O4S/c1-13(20(25)22-10-14-6-8-15(21)9-7-14)27-19(24)12-26-11-18-23-16-4-2-3-5-17(16)28-18/h2-9,13H,10-12H2,1H3,(H,22,25)/t13-/m0/s1. The second-order valence-electron chi connectivity index (χ2n) is 6.04. The van der Waals surface area contributed by atoms with E-state index in [2.05, 4.69) is 10.3 Å². The van der Waals surface area contributed by atoms with Gasteiger partial charge in [-0.3, -0.25) is 4.79 Å². The molecular formula is C20H19FN2O4S. The number of aromatic nitrogens is 1. The summed E-state index contributed by atoms with van der Waals surface area (Å²) in [6.45, 7) is 1.62.